The summed E-state index contributed by atoms with van der Waals surface area (Å²) in [7, 11) is 0. The van der Waals surface area contributed by atoms with Crippen molar-refractivity contribution >= 4 is 15.9 Å². The van der Waals surface area contributed by atoms with Crippen LogP contribution in [0.3, 0.4) is 0 Å². The van der Waals surface area contributed by atoms with Crippen LogP contribution < -0.4 is 0 Å². The fourth-order valence-corrected chi connectivity index (χ4v) is 1.92. The maximum atomic E-state index is 13.6. The predicted octanol–water partition coefficient (Wildman–Crippen LogP) is 2.60. The summed E-state index contributed by atoms with van der Waals surface area (Å²) in [5.41, 5.74) is 8.80. The highest BCUT2D eigenvalue weighted by atomic mass is 79.9. The third-order valence-corrected chi connectivity index (χ3v) is 3.36. The summed E-state index contributed by atoms with van der Waals surface area (Å²) in [4.78, 5) is 2.46. The molecule has 2 N–H and O–H groups in total. The second-order valence-corrected chi connectivity index (χ2v) is 4.31. The van der Waals surface area contributed by atoms with Crippen LogP contribution in [-0.4, -0.2) is 22.9 Å². The number of aryl methyl sites for hydroxylation is 1. The van der Waals surface area contributed by atoms with E-state index in [1.165, 1.54) is 6.07 Å². The lowest BCUT2D eigenvalue weighted by Gasteiger charge is -2.19. The number of azide groups is 1. The molecule has 0 aliphatic rings. The van der Waals surface area contributed by atoms with Gasteiger partial charge in [-0.05, 0) is 24.1 Å². The third-order valence-electron chi connectivity index (χ3n) is 2.31. The lowest BCUT2D eigenvalue weighted by atomic mass is 10.0. The zero-order valence-corrected chi connectivity index (χ0v) is 10.6. The first-order chi connectivity index (χ1) is 7.99. The SMILES string of the molecule is Cc1ccc(F)c(C(O)C(O)CN=[N+]=[N-])c1Br. The van der Waals surface area contributed by atoms with Gasteiger partial charge in [-0.3, -0.25) is 0 Å². The molecule has 1 aromatic rings. The van der Waals surface area contributed by atoms with Crippen LogP contribution in [0.15, 0.2) is 21.7 Å². The molecule has 0 fully saturated rings. The number of hydrogen-bond acceptors (Lipinski definition) is 3. The Morgan fingerprint density at radius 3 is 2.76 bits per heavy atom. The molecule has 1 rings (SSSR count). The van der Waals surface area contributed by atoms with Crippen molar-refractivity contribution in [3.63, 3.8) is 0 Å². The summed E-state index contributed by atoms with van der Waals surface area (Å²) in [6.07, 6.45) is -2.80. The second kappa shape index (κ2) is 5.97. The average Bonchev–Trinajstić information content (AvgIpc) is 2.31. The van der Waals surface area contributed by atoms with Crippen molar-refractivity contribution in [1.29, 1.82) is 0 Å². The van der Waals surface area contributed by atoms with Crippen molar-refractivity contribution in [2.24, 2.45) is 5.11 Å². The molecule has 0 aliphatic carbocycles. The van der Waals surface area contributed by atoms with Crippen molar-refractivity contribution in [3.8, 4) is 0 Å². The normalized spacial score (nSPS) is 13.9. The molecule has 7 heteroatoms. The number of aliphatic hydroxyl groups excluding tert-OH is 2. The van der Waals surface area contributed by atoms with Crippen molar-refractivity contribution in [1.82, 2.24) is 0 Å². The van der Waals surface area contributed by atoms with E-state index in [2.05, 4.69) is 26.0 Å². The Bertz CT molecular complexity index is 463. The summed E-state index contributed by atoms with van der Waals surface area (Å²) < 4.78 is 14.0. The highest BCUT2D eigenvalue weighted by Crippen LogP contribution is 2.31. The maximum absolute atomic E-state index is 13.6. The van der Waals surface area contributed by atoms with Crippen molar-refractivity contribution in [2.45, 2.75) is 19.1 Å². The van der Waals surface area contributed by atoms with Gasteiger partial charge in [0.1, 0.15) is 11.9 Å². The summed E-state index contributed by atoms with van der Waals surface area (Å²) in [6, 6.07) is 2.76. The minimum Gasteiger partial charge on any atom is -0.390 e. The predicted molar refractivity (Wildman–Crippen MR) is 63.8 cm³/mol. The molecule has 0 aliphatic heterocycles. The standard InChI is InChI=1S/C10H11BrFN3O2/c1-5-2-3-6(12)8(9(5)11)10(17)7(16)4-14-15-13/h2-3,7,10,16-17H,4H2,1H3. The lowest BCUT2D eigenvalue weighted by molar-refractivity contribution is 0.0217. The van der Waals surface area contributed by atoms with Crippen molar-refractivity contribution in [2.75, 3.05) is 6.54 Å². The van der Waals surface area contributed by atoms with E-state index in [0.717, 1.165) is 5.56 Å². The first kappa shape index (κ1) is 13.9. The number of benzene rings is 1. The van der Waals surface area contributed by atoms with Crippen LogP contribution in [0.25, 0.3) is 10.4 Å². The van der Waals surface area contributed by atoms with E-state index in [-0.39, 0.29) is 12.1 Å². The van der Waals surface area contributed by atoms with E-state index in [1.54, 1.807) is 13.0 Å². The second-order valence-electron chi connectivity index (χ2n) is 3.52. The molecular weight excluding hydrogens is 293 g/mol. The Kier molecular flexibility index (Phi) is 4.89. The van der Waals surface area contributed by atoms with Crippen LogP contribution in [0.5, 0.6) is 0 Å². The third kappa shape index (κ3) is 3.17. The van der Waals surface area contributed by atoms with E-state index >= 15 is 0 Å². The zero-order valence-electron chi connectivity index (χ0n) is 9.01. The Morgan fingerprint density at radius 1 is 1.53 bits per heavy atom. The molecule has 0 bridgehead atoms. The molecular formula is C10H11BrFN3O2. The molecule has 0 saturated heterocycles. The fourth-order valence-electron chi connectivity index (χ4n) is 1.36. The van der Waals surface area contributed by atoms with Crippen LogP contribution in [0.1, 0.15) is 17.2 Å². The van der Waals surface area contributed by atoms with Crippen LogP contribution in [0.2, 0.25) is 0 Å². The topological polar surface area (TPSA) is 89.2 Å². The molecule has 1 aromatic carbocycles. The largest absolute Gasteiger partial charge is 0.390 e. The molecule has 0 heterocycles. The average molecular weight is 304 g/mol. The highest BCUT2D eigenvalue weighted by molar-refractivity contribution is 9.10. The molecule has 0 aromatic heterocycles. The van der Waals surface area contributed by atoms with Crippen LogP contribution in [0, 0.1) is 12.7 Å². The summed E-state index contributed by atoms with van der Waals surface area (Å²) >= 11 is 3.15. The van der Waals surface area contributed by atoms with Gasteiger partial charge in [0.25, 0.3) is 0 Å². The summed E-state index contributed by atoms with van der Waals surface area (Å²) in [5, 5.41) is 22.5. The van der Waals surface area contributed by atoms with Gasteiger partial charge in [0.05, 0.1) is 12.6 Å². The van der Waals surface area contributed by atoms with Gasteiger partial charge in [-0.25, -0.2) is 4.39 Å². The van der Waals surface area contributed by atoms with E-state index < -0.39 is 18.0 Å². The molecule has 5 nitrogen and oxygen atoms in total. The van der Waals surface area contributed by atoms with Gasteiger partial charge in [0.2, 0.25) is 0 Å². The fraction of sp³-hybridized carbons (Fsp3) is 0.400. The van der Waals surface area contributed by atoms with Gasteiger partial charge in [0.15, 0.2) is 0 Å². The molecule has 2 unspecified atom stereocenters. The first-order valence-corrected chi connectivity index (χ1v) is 5.59. The number of hydrogen-bond donors (Lipinski definition) is 2. The Hall–Kier alpha value is -1.14. The van der Waals surface area contributed by atoms with Crippen molar-refractivity contribution < 1.29 is 14.6 Å². The Labute approximate surface area is 106 Å². The molecule has 0 spiro atoms. The van der Waals surface area contributed by atoms with E-state index in [9.17, 15) is 14.6 Å². The van der Waals surface area contributed by atoms with Crippen molar-refractivity contribution in [3.05, 3.63) is 44.0 Å². The summed E-state index contributed by atoms with van der Waals surface area (Å²) in [5.74, 6) is -0.630. The van der Waals surface area contributed by atoms with Gasteiger partial charge in [-0.2, -0.15) is 0 Å². The lowest BCUT2D eigenvalue weighted by Crippen LogP contribution is -2.22. The highest BCUT2D eigenvalue weighted by Gasteiger charge is 2.24. The van der Waals surface area contributed by atoms with Gasteiger partial charge >= 0.3 is 0 Å². The van der Waals surface area contributed by atoms with Gasteiger partial charge in [-0.15, -0.1) is 0 Å². The zero-order chi connectivity index (χ0) is 13.0. The number of rotatable bonds is 4. The van der Waals surface area contributed by atoms with Gasteiger partial charge in [0, 0.05) is 14.9 Å². The number of halogens is 2. The molecule has 92 valence electrons. The van der Waals surface area contributed by atoms with E-state index in [4.69, 9.17) is 5.53 Å². The monoisotopic (exact) mass is 303 g/mol. The number of nitrogens with zero attached hydrogens (tertiary/aromatic N) is 3. The van der Waals surface area contributed by atoms with Crippen LogP contribution >= 0.6 is 15.9 Å². The summed E-state index contributed by atoms with van der Waals surface area (Å²) in [6.45, 7) is 1.41. The molecule has 0 amide bonds. The maximum Gasteiger partial charge on any atom is 0.130 e. The number of aliphatic hydroxyl groups is 2. The van der Waals surface area contributed by atoms with Crippen LogP contribution in [-0.2, 0) is 0 Å². The molecule has 17 heavy (non-hydrogen) atoms. The first-order valence-electron chi connectivity index (χ1n) is 4.80. The quantitative estimate of drug-likeness (QED) is 0.508. The van der Waals surface area contributed by atoms with Gasteiger partial charge in [-0.1, -0.05) is 27.1 Å². The van der Waals surface area contributed by atoms with E-state index in [1.807, 2.05) is 0 Å². The molecule has 0 radical (unpaired) electrons. The minimum absolute atomic E-state index is 0.0364. The van der Waals surface area contributed by atoms with Crippen LogP contribution in [0.4, 0.5) is 4.39 Å². The smallest absolute Gasteiger partial charge is 0.130 e. The van der Waals surface area contributed by atoms with E-state index in [0.29, 0.717) is 4.47 Å². The van der Waals surface area contributed by atoms with Gasteiger partial charge < -0.3 is 10.2 Å². The minimum atomic E-state index is -1.45. The Morgan fingerprint density at radius 2 is 2.18 bits per heavy atom. The Balaban J connectivity index is 3.06. The molecule has 0 saturated carbocycles. The molecule has 2 atom stereocenters.